The van der Waals surface area contributed by atoms with Gasteiger partial charge in [-0.3, -0.25) is 0 Å². The van der Waals surface area contributed by atoms with Crippen LogP contribution in [0.1, 0.15) is 31.5 Å². The van der Waals surface area contributed by atoms with Crippen LogP contribution >= 0.6 is 23.2 Å². The molecular weight excluding hydrogens is 393 g/mol. The summed E-state index contributed by atoms with van der Waals surface area (Å²) in [6, 6.07) is 13.6. The zero-order chi connectivity index (χ0) is 19.3. The van der Waals surface area contributed by atoms with Crippen LogP contribution in [0.25, 0.3) is 11.0 Å². The first kappa shape index (κ1) is 19.6. The summed E-state index contributed by atoms with van der Waals surface area (Å²) >= 11 is 12.5. The number of hydrogen-bond acceptors (Lipinski definition) is 3. The number of para-hydroxylation sites is 3. The van der Waals surface area contributed by atoms with Crippen LogP contribution in [0.3, 0.4) is 0 Å². The van der Waals surface area contributed by atoms with E-state index >= 15 is 0 Å². The first-order valence-corrected chi connectivity index (χ1v) is 10.7. The van der Waals surface area contributed by atoms with E-state index in [9.17, 15) is 0 Å². The van der Waals surface area contributed by atoms with Crippen LogP contribution in [0, 0.1) is 5.92 Å². The van der Waals surface area contributed by atoms with Crippen LogP contribution in [-0.2, 0) is 13.2 Å². The zero-order valence-corrected chi connectivity index (χ0v) is 17.3. The molecule has 4 rings (SSSR count). The van der Waals surface area contributed by atoms with Gasteiger partial charge in [0.15, 0.2) is 5.75 Å². The van der Waals surface area contributed by atoms with E-state index in [1.807, 2.05) is 18.2 Å². The number of benzene rings is 2. The molecule has 28 heavy (non-hydrogen) atoms. The van der Waals surface area contributed by atoms with Crippen molar-refractivity contribution >= 4 is 34.2 Å². The molecule has 2 aromatic carbocycles. The van der Waals surface area contributed by atoms with Crippen molar-refractivity contribution in [1.82, 2.24) is 14.9 Å². The predicted octanol–water partition coefficient (Wildman–Crippen LogP) is 5.70. The second-order valence-electron chi connectivity index (χ2n) is 7.36. The Labute approximate surface area is 175 Å². The van der Waals surface area contributed by atoms with Gasteiger partial charge in [-0.1, -0.05) is 41.4 Å². The number of halogens is 2. The molecule has 148 valence electrons. The number of piperidine rings is 1. The van der Waals surface area contributed by atoms with Gasteiger partial charge < -0.3 is 14.6 Å². The first-order chi connectivity index (χ1) is 13.7. The lowest BCUT2D eigenvalue weighted by Crippen LogP contribution is -2.29. The van der Waals surface area contributed by atoms with Crippen LogP contribution in [0.15, 0.2) is 42.5 Å². The summed E-state index contributed by atoms with van der Waals surface area (Å²) in [5.74, 6) is 2.20. The number of nitrogens with zero attached hydrogens (tertiary/aromatic N) is 2. The van der Waals surface area contributed by atoms with Gasteiger partial charge in [0.1, 0.15) is 12.4 Å². The Morgan fingerprint density at radius 1 is 1.11 bits per heavy atom. The van der Waals surface area contributed by atoms with Crippen molar-refractivity contribution in [2.24, 2.45) is 5.92 Å². The van der Waals surface area contributed by atoms with Crippen molar-refractivity contribution in [2.45, 2.75) is 38.8 Å². The van der Waals surface area contributed by atoms with E-state index in [1.54, 1.807) is 12.1 Å². The molecule has 1 atom stereocenters. The lowest BCUT2D eigenvalue weighted by Gasteiger charge is -2.22. The minimum absolute atomic E-state index is 0.336. The maximum atomic E-state index is 6.24. The van der Waals surface area contributed by atoms with E-state index in [0.29, 0.717) is 22.4 Å². The maximum absolute atomic E-state index is 6.24. The number of aryl methyl sites for hydroxylation is 1. The molecule has 1 N–H and O–H groups in total. The number of hydrogen-bond donors (Lipinski definition) is 1. The minimum Gasteiger partial charge on any atom is -0.483 e. The average molecular weight is 418 g/mol. The summed E-state index contributed by atoms with van der Waals surface area (Å²) in [7, 11) is 0. The predicted molar refractivity (Wildman–Crippen MR) is 115 cm³/mol. The topological polar surface area (TPSA) is 39.1 Å². The molecule has 4 nitrogen and oxygen atoms in total. The zero-order valence-electron chi connectivity index (χ0n) is 15.8. The molecule has 3 aromatic rings. The molecule has 0 aliphatic carbocycles. The molecule has 6 heteroatoms. The fourth-order valence-corrected chi connectivity index (χ4v) is 4.46. The highest BCUT2D eigenvalue weighted by atomic mass is 35.5. The molecule has 1 fully saturated rings. The van der Waals surface area contributed by atoms with Gasteiger partial charge in [0.25, 0.3) is 0 Å². The Kier molecular flexibility index (Phi) is 6.40. The van der Waals surface area contributed by atoms with Gasteiger partial charge >= 0.3 is 0 Å². The molecule has 0 saturated carbocycles. The third kappa shape index (κ3) is 4.45. The maximum Gasteiger partial charge on any atom is 0.157 e. The Hall–Kier alpha value is -1.75. The van der Waals surface area contributed by atoms with Crippen LogP contribution in [0.4, 0.5) is 0 Å². The highest BCUT2D eigenvalue weighted by molar-refractivity contribution is 6.37. The third-order valence-corrected chi connectivity index (χ3v) is 5.99. The summed E-state index contributed by atoms with van der Waals surface area (Å²) in [5.41, 5.74) is 2.14. The number of fused-ring (bicyclic) bond motifs is 1. The SMILES string of the molecule is Clc1cccc(Cl)c1OCc1nc2ccccc2n1CCCC1CCCNC1. The molecule has 0 radical (unpaired) electrons. The smallest absolute Gasteiger partial charge is 0.157 e. The molecule has 2 heterocycles. The van der Waals surface area contributed by atoms with Gasteiger partial charge in [0.05, 0.1) is 21.1 Å². The van der Waals surface area contributed by atoms with Gasteiger partial charge in [-0.25, -0.2) is 4.98 Å². The monoisotopic (exact) mass is 417 g/mol. The third-order valence-electron chi connectivity index (χ3n) is 5.39. The molecule has 0 spiro atoms. The Bertz CT molecular complexity index is 914. The lowest BCUT2D eigenvalue weighted by molar-refractivity contribution is 0.288. The van der Waals surface area contributed by atoms with Gasteiger partial charge in [0, 0.05) is 6.54 Å². The van der Waals surface area contributed by atoms with Gasteiger partial charge in [-0.15, -0.1) is 0 Å². The van der Waals surface area contributed by atoms with Crippen molar-refractivity contribution in [3.63, 3.8) is 0 Å². The molecule has 1 aromatic heterocycles. The molecule has 0 bridgehead atoms. The number of imidazole rings is 1. The lowest BCUT2D eigenvalue weighted by atomic mass is 9.95. The quantitative estimate of drug-likeness (QED) is 0.535. The molecule has 1 unspecified atom stereocenters. The van der Waals surface area contributed by atoms with E-state index in [-0.39, 0.29) is 0 Å². The van der Waals surface area contributed by atoms with Crippen LogP contribution in [-0.4, -0.2) is 22.6 Å². The minimum atomic E-state index is 0.336. The highest BCUT2D eigenvalue weighted by Gasteiger charge is 2.16. The van der Waals surface area contributed by atoms with Crippen LogP contribution in [0.5, 0.6) is 5.75 Å². The Balaban J connectivity index is 1.49. The summed E-state index contributed by atoms with van der Waals surface area (Å²) in [6.45, 7) is 3.58. The van der Waals surface area contributed by atoms with E-state index in [4.69, 9.17) is 32.9 Å². The summed E-state index contributed by atoms with van der Waals surface area (Å²) in [5, 5.41) is 4.53. The van der Waals surface area contributed by atoms with Crippen molar-refractivity contribution in [3.8, 4) is 5.75 Å². The largest absolute Gasteiger partial charge is 0.483 e. The molecular formula is C22H25Cl2N3O. The standard InChI is InChI=1S/C22H25Cl2N3O/c23-17-8-3-9-18(24)22(17)28-15-21-26-19-10-1-2-11-20(19)27(21)13-5-7-16-6-4-12-25-14-16/h1-3,8-11,16,25H,4-7,12-15H2. The van der Waals surface area contributed by atoms with Crippen molar-refractivity contribution in [3.05, 3.63) is 58.3 Å². The molecule has 1 aliphatic heterocycles. The summed E-state index contributed by atoms with van der Waals surface area (Å²) in [6.07, 6.45) is 4.98. The number of nitrogens with one attached hydrogen (secondary N) is 1. The molecule has 0 amide bonds. The number of aromatic nitrogens is 2. The second-order valence-corrected chi connectivity index (χ2v) is 8.18. The van der Waals surface area contributed by atoms with E-state index in [1.165, 1.54) is 19.3 Å². The van der Waals surface area contributed by atoms with Crippen LogP contribution < -0.4 is 10.1 Å². The molecule has 1 saturated heterocycles. The van der Waals surface area contributed by atoms with E-state index < -0.39 is 0 Å². The van der Waals surface area contributed by atoms with Crippen LogP contribution in [0.2, 0.25) is 10.0 Å². The summed E-state index contributed by atoms with van der Waals surface area (Å²) < 4.78 is 8.24. The Morgan fingerprint density at radius 3 is 2.71 bits per heavy atom. The van der Waals surface area contributed by atoms with E-state index in [2.05, 4.69) is 22.0 Å². The molecule has 1 aliphatic rings. The number of ether oxygens (including phenoxy) is 1. The fraction of sp³-hybridized carbons (Fsp3) is 0.409. The van der Waals surface area contributed by atoms with Gasteiger partial charge in [-0.2, -0.15) is 0 Å². The first-order valence-electron chi connectivity index (χ1n) is 9.94. The summed E-state index contributed by atoms with van der Waals surface area (Å²) in [4.78, 5) is 4.79. The van der Waals surface area contributed by atoms with Gasteiger partial charge in [-0.05, 0) is 69.0 Å². The highest BCUT2D eigenvalue weighted by Crippen LogP contribution is 2.33. The average Bonchev–Trinajstić information content (AvgIpc) is 3.06. The normalized spacial score (nSPS) is 17.1. The Morgan fingerprint density at radius 2 is 1.93 bits per heavy atom. The number of rotatable bonds is 7. The van der Waals surface area contributed by atoms with Gasteiger partial charge in [0.2, 0.25) is 0 Å². The van der Waals surface area contributed by atoms with Crippen molar-refractivity contribution in [2.75, 3.05) is 13.1 Å². The van der Waals surface area contributed by atoms with Crippen molar-refractivity contribution in [1.29, 1.82) is 0 Å². The second kappa shape index (κ2) is 9.17. The van der Waals surface area contributed by atoms with Crippen molar-refractivity contribution < 1.29 is 4.74 Å². The van der Waals surface area contributed by atoms with E-state index in [0.717, 1.165) is 48.8 Å². The fourth-order valence-electron chi connectivity index (χ4n) is 3.95.